The average molecular weight is 436 g/mol. The molecule has 32 heavy (non-hydrogen) atoms. The van der Waals surface area contributed by atoms with Crippen molar-refractivity contribution < 1.29 is 4.39 Å². The fourth-order valence-corrected chi connectivity index (χ4v) is 4.82. The maximum atomic E-state index is 14.0. The molecule has 1 unspecified atom stereocenters. The van der Waals surface area contributed by atoms with Crippen molar-refractivity contribution in [2.24, 2.45) is 22.2 Å². The van der Waals surface area contributed by atoms with Gasteiger partial charge >= 0.3 is 0 Å². The van der Waals surface area contributed by atoms with Crippen molar-refractivity contribution in [2.45, 2.75) is 47.0 Å². The van der Waals surface area contributed by atoms with Crippen LogP contribution in [0.1, 0.15) is 52.5 Å². The van der Waals surface area contributed by atoms with Gasteiger partial charge in [0.1, 0.15) is 5.82 Å². The largest absolute Gasteiger partial charge is 0.399 e. The van der Waals surface area contributed by atoms with Gasteiger partial charge in [0.2, 0.25) is 0 Å². The van der Waals surface area contributed by atoms with Crippen LogP contribution in [0.4, 0.5) is 10.1 Å². The lowest BCUT2D eigenvalue weighted by atomic mass is 9.56. The molecule has 1 spiro atoms. The molecule has 3 nitrogen and oxygen atoms in total. The first kappa shape index (κ1) is 24.0. The lowest BCUT2D eigenvalue weighted by Gasteiger charge is -2.60. The molecule has 0 aromatic heterocycles. The third-order valence-electron chi connectivity index (χ3n) is 7.29. The fraction of sp³-hybridized carbons (Fsp3) is 0.464. The molecule has 1 aromatic carbocycles. The van der Waals surface area contributed by atoms with E-state index >= 15 is 0 Å². The van der Waals surface area contributed by atoms with E-state index in [-0.39, 0.29) is 5.82 Å². The molecule has 1 saturated carbocycles. The summed E-state index contributed by atoms with van der Waals surface area (Å²) < 4.78 is 14.0. The van der Waals surface area contributed by atoms with Gasteiger partial charge in [-0.15, -0.1) is 0 Å². The maximum Gasteiger partial charge on any atom is 0.132 e. The van der Waals surface area contributed by atoms with E-state index in [2.05, 4.69) is 61.5 Å². The monoisotopic (exact) mass is 435 g/mol. The van der Waals surface area contributed by atoms with Gasteiger partial charge in [0.25, 0.3) is 0 Å². The number of nitrogens with two attached hydrogens (primary N) is 1. The van der Waals surface area contributed by atoms with E-state index in [9.17, 15) is 4.39 Å². The molecule has 1 aromatic rings. The van der Waals surface area contributed by atoms with Gasteiger partial charge in [0.05, 0.1) is 0 Å². The van der Waals surface area contributed by atoms with Crippen LogP contribution in [0, 0.1) is 23.1 Å². The summed E-state index contributed by atoms with van der Waals surface area (Å²) in [5.74, 6) is 1.18. The third-order valence-corrected chi connectivity index (χ3v) is 7.29. The summed E-state index contributed by atoms with van der Waals surface area (Å²) in [5, 5.41) is 0. The Bertz CT molecular complexity index is 968. The molecule has 0 amide bonds. The number of nitrogens with zero attached hydrogens (tertiary/aromatic N) is 2. The first-order valence-electron chi connectivity index (χ1n) is 11.6. The Morgan fingerprint density at radius 1 is 1.28 bits per heavy atom. The van der Waals surface area contributed by atoms with Crippen LogP contribution in [0.5, 0.6) is 0 Å². The van der Waals surface area contributed by atoms with Crippen LogP contribution < -0.4 is 5.73 Å². The zero-order valence-electron chi connectivity index (χ0n) is 20.3. The number of aliphatic imine (C=N–C) groups is 1. The predicted molar refractivity (Wildman–Crippen MR) is 136 cm³/mol. The Morgan fingerprint density at radius 2 is 1.97 bits per heavy atom. The molecular formula is C28H38FN3. The minimum Gasteiger partial charge on any atom is -0.399 e. The Kier molecular flexibility index (Phi) is 7.43. The van der Waals surface area contributed by atoms with Crippen molar-refractivity contribution in [3.05, 3.63) is 71.6 Å². The number of nitrogen functional groups attached to an aromatic ring is 1. The highest BCUT2D eigenvalue weighted by molar-refractivity contribution is 5.93. The van der Waals surface area contributed by atoms with Crippen LogP contribution >= 0.6 is 0 Å². The molecule has 2 fully saturated rings. The van der Waals surface area contributed by atoms with Crippen LogP contribution in [0.25, 0.3) is 5.70 Å². The molecule has 2 aliphatic carbocycles. The summed E-state index contributed by atoms with van der Waals surface area (Å²) >= 11 is 0. The van der Waals surface area contributed by atoms with Gasteiger partial charge in [-0.1, -0.05) is 42.9 Å². The number of hydrogen-bond acceptors (Lipinski definition) is 3. The van der Waals surface area contributed by atoms with Crippen molar-refractivity contribution in [3.8, 4) is 0 Å². The molecule has 0 radical (unpaired) electrons. The second-order valence-electron chi connectivity index (χ2n) is 9.88. The van der Waals surface area contributed by atoms with Gasteiger partial charge in [-0.3, -0.25) is 4.99 Å². The Hall–Kier alpha value is -2.62. The van der Waals surface area contributed by atoms with Gasteiger partial charge in [0.15, 0.2) is 0 Å². The number of benzene rings is 1. The second-order valence-corrected chi connectivity index (χ2v) is 9.88. The van der Waals surface area contributed by atoms with Crippen LogP contribution in [-0.4, -0.2) is 30.7 Å². The van der Waals surface area contributed by atoms with Gasteiger partial charge in [-0.25, -0.2) is 4.39 Å². The smallest absolute Gasteiger partial charge is 0.132 e. The van der Waals surface area contributed by atoms with Crippen molar-refractivity contribution in [1.82, 2.24) is 4.90 Å². The van der Waals surface area contributed by atoms with Crippen LogP contribution in [0.2, 0.25) is 0 Å². The van der Waals surface area contributed by atoms with Crippen LogP contribution in [-0.2, 0) is 0 Å². The summed E-state index contributed by atoms with van der Waals surface area (Å²) in [6, 6.07) is 4.67. The standard InChI is InChI=1S/C20H26FN3.C8H12/c1-13(7-14(2)23-4)16-9-20(10-16)11-24(12-20)15(3)18-8-17(22)5-6-19(18)21;1-7-5-3-4-6-8(7)2/h5-8,16H,3,9-12,22H2,1-2,4H3;3-5,8H,6H2,1-2H3/b13-7+,23-14?;. The minimum absolute atomic E-state index is 0.255. The quantitative estimate of drug-likeness (QED) is 0.424. The van der Waals surface area contributed by atoms with Gasteiger partial charge in [0, 0.05) is 48.2 Å². The Morgan fingerprint density at radius 3 is 2.53 bits per heavy atom. The van der Waals surface area contributed by atoms with Crippen molar-refractivity contribution >= 4 is 17.1 Å². The van der Waals surface area contributed by atoms with E-state index in [0.717, 1.165) is 30.4 Å². The highest BCUT2D eigenvalue weighted by Crippen LogP contribution is 2.55. The van der Waals surface area contributed by atoms with Crippen LogP contribution in [0.3, 0.4) is 0 Å². The molecule has 3 aliphatic rings. The van der Waals surface area contributed by atoms with Crippen molar-refractivity contribution in [2.75, 3.05) is 25.9 Å². The molecule has 1 saturated heterocycles. The molecule has 172 valence electrons. The third kappa shape index (κ3) is 5.40. The van der Waals surface area contributed by atoms with Gasteiger partial charge in [-0.2, -0.15) is 0 Å². The highest BCUT2D eigenvalue weighted by atomic mass is 19.1. The zero-order chi connectivity index (χ0) is 23.5. The van der Waals surface area contributed by atoms with E-state index in [1.807, 2.05) is 14.0 Å². The molecule has 1 aliphatic heterocycles. The van der Waals surface area contributed by atoms with Crippen molar-refractivity contribution in [3.63, 3.8) is 0 Å². The lowest BCUT2D eigenvalue weighted by molar-refractivity contribution is -0.0532. The molecule has 4 rings (SSSR count). The summed E-state index contributed by atoms with van der Waals surface area (Å²) in [6.07, 6.45) is 12.4. The molecule has 0 bridgehead atoms. The summed E-state index contributed by atoms with van der Waals surface area (Å²) in [6.45, 7) is 14.7. The predicted octanol–water partition coefficient (Wildman–Crippen LogP) is 6.66. The number of likely N-dealkylation sites (tertiary alicyclic amines) is 1. The molecule has 4 heteroatoms. The Labute approximate surface area is 193 Å². The minimum atomic E-state index is -0.255. The first-order chi connectivity index (χ1) is 15.1. The maximum absolute atomic E-state index is 14.0. The average Bonchev–Trinajstić information content (AvgIpc) is 2.70. The first-order valence-corrected chi connectivity index (χ1v) is 11.6. The topological polar surface area (TPSA) is 41.6 Å². The molecule has 1 heterocycles. The summed E-state index contributed by atoms with van der Waals surface area (Å²) in [5.41, 5.74) is 12.0. The van der Waals surface area contributed by atoms with Gasteiger partial charge < -0.3 is 10.6 Å². The zero-order valence-corrected chi connectivity index (χ0v) is 20.3. The Balaban J connectivity index is 0.000000305. The van der Waals surface area contributed by atoms with E-state index in [4.69, 9.17) is 5.73 Å². The number of allylic oxidation sites excluding steroid dienone is 6. The number of halogens is 1. The van der Waals surface area contributed by atoms with Crippen molar-refractivity contribution in [1.29, 1.82) is 0 Å². The summed E-state index contributed by atoms with van der Waals surface area (Å²) in [7, 11) is 1.83. The van der Waals surface area contributed by atoms with Gasteiger partial charge in [-0.05, 0) is 76.1 Å². The molecule has 2 N–H and O–H groups in total. The second kappa shape index (κ2) is 9.89. The van der Waals surface area contributed by atoms with E-state index in [1.165, 1.54) is 36.5 Å². The SMILES string of the molecule is C=C(c1cc(N)ccc1F)N1CC2(CC(/C(C)=C/C(C)=NC)C2)C1.CC1=CC=CCC1C. The fourth-order valence-electron chi connectivity index (χ4n) is 4.82. The summed E-state index contributed by atoms with van der Waals surface area (Å²) in [4.78, 5) is 6.37. The van der Waals surface area contributed by atoms with E-state index in [0.29, 0.717) is 22.6 Å². The van der Waals surface area contributed by atoms with E-state index < -0.39 is 0 Å². The number of hydrogen-bond donors (Lipinski definition) is 1. The highest BCUT2D eigenvalue weighted by Gasteiger charge is 2.52. The number of anilines is 1. The number of rotatable bonds is 4. The molecular weight excluding hydrogens is 397 g/mol. The molecule has 1 atom stereocenters. The lowest BCUT2D eigenvalue weighted by Crippen LogP contribution is -2.61. The normalized spacial score (nSPS) is 22.5. The van der Waals surface area contributed by atoms with Crippen LogP contribution in [0.15, 0.2) is 65.2 Å². The van der Waals surface area contributed by atoms with E-state index in [1.54, 1.807) is 12.1 Å².